The van der Waals surface area contributed by atoms with Gasteiger partial charge >= 0.3 is 0 Å². The van der Waals surface area contributed by atoms with Crippen LogP contribution < -0.4 is 0 Å². The van der Waals surface area contributed by atoms with E-state index in [1.807, 2.05) is 24.4 Å². The average Bonchev–Trinajstić information content (AvgIpc) is 2.74. The number of nitrogens with zero attached hydrogens (tertiary/aromatic N) is 2. The lowest BCUT2D eigenvalue weighted by molar-refractivity contribution is 0.0943. The van der Waals surface area contributed by atoms with Gasteiger partial charge in [0.2, 0.25) is 0 Å². The van der Waals surface area contributed by atoms with Gasteiger partial charge in [-0.25, -0.2) is 4.98 Å². The highest BCUT2D eigenvalue weighted by molar-refractivity contribution is 7.09. The number of hydrogen-bond donors (Lipinski definition) is 0. The zero-order chi connectivity index (χ0) is 14.7. The first kappa shape index (κ1) is 15.4. The molecule has 0 unspecified atom stereocenters. The van der Waals surface area contributed by atoms with E-state index < -0.39 is 0 Å². The maximum atomic E-state index is 12.2. The maximum absolute atomic E-state index is 12.2. The molecule has 1 aromatic carbocycles. The molecule has 3 nitrogen and oxygen atoms in total. The number of carbonyl (C=O) groups is 1. The standard InChI is InChI=1S/C14H14Cl2N2OS/c1-9-14(20-8-17-9)7-18(2)6-13(19)11-4-3-10(15)5-12(11)16/h3-5,8H,6-7H2,1-2H3. The summed E-state index contributed by atoms with van der Waals surface area (Å²) in [7, 11) is 1.90. The molecule has 0 amide bonds. The Bertz CT molecular complexity index is 627. The molecule has 106 valence electrons. The van der Waals surface area contributed by atoms with Crippen molar-refractivity contribution in [1.82, 2.24) is 9.88 Å². The van der Waals surface area contributed by atoms with Crippen LogP contribution in [0.3, 0.4) is 0 Å². The molecular formula is C14H14Cl2N2OS. The Kier molecular flexibility index (Phi) is 5.16. The van der Waals surface area contributed by atoms with Gasteiger partial charge in [0.25, 0.3) is 0 Å². The predicted molar refractivity (Wildman–Crippen MR) is 84.0 cm³/mol. The van der Waals surface area contributed by atoms with Crippen LogP contribution >= 0.6 is 34.5 Å². The number of benzene rings is 1. The van der Waals surface area contributed by atoms with Gasteiger partial charge in [0.05, 0.1) is 22.8 Å². The van der Waals surface area contributed by atoms with Gasteiger partial charge in [-0.2, -0.15) is 0 Å². The van der Waals surface area contributed by atoms with Crippen molar-refractivity contribution < 1.29 is 4.79 Å². The monoisotopic (exact) mass is 328 g/mol. The van der Waals surface area contributed by atoms with Crippen LogP contribution in [0.4, 0.5) is 0 Å². The highest BCUT2D eigenvalue weighted by Gasteiger charge is 2.14. The molecule has 0 aliphatic rings. The topological polar surface area (TPSA) is 33.2 Å². The van der Waals surface area contributed by atoms with Crippen molar-refractivity contribution in [3.05, 3.63) is 49.9 Å². The third-order valence-electron chi connectivity index (χ3n) is 2.90. The van der Waals surface area contributed by atoms with Gasteiger partial charge in [0, 0.05) is 22.0 Å². The Morgan fingerprint density at radius 1 is 1.40 bits per heavy atom. The largest absolute Gasteiger partial charge is 0.294 e. The number of rotatable bonds is 5. The predicted octanol–water partition coefficient (Wildman–Crippen LogP) is 4.07. The maximum Gasteiger partial charge on any atom is 0.178 e. The molecule has 0 fully saturated rings. The number of likely N-dealkylation sites (N-methyl/N-ethyl adjacent to an activating group) is 1. The Labute approximate surface area is 132 Å². The number of hydrogen-bond acceptors (Lipinski definition) is 4. The molecular weight excluding hydrogens is 315 g/mol. The lowest BCUT2D eigenvalue weighted by Gasteiger charge is -2.15. The van der Waals surface area contributed by atoms with Crippen LogP contribution in [0.15, 0.2) is 23.7 Å². The molecule has 2 aromatic rings. The summed E-state index contributed by atoms with van der Waals surface area (Å²) in [5, 5.41) is 0.921. The first-order valence-electron chi connectivity index (χ1n) is 6.03. The number of carbonyl (C=O) groups excluding carboxylic acids is 1. The molecule has 0 radical (unpaired) electrons. The Morgan fingerprint density at radius 2 is 2.15 bits per heavy atom. The molecule has 0 bridgehead atoms. The fraction of sp³-hybridized carbons (Fsp3) is 0.286. The highest BCUT2D eigenvalue weighted by atomic mass is 35.5. The van der Waals surface area contributed by atoms with Crippen molar-refractivity contribution in [1.29, 1.82) is 0 Å². The van der Waals surface area contributed by atoms with Crippen LogP contribution in [-0.4, -0.2) is 29.3 Å². The van der Waals surface area contributed by atoms with Crippen LogP contribution in [0.2, 0.25) is 10.0 Å². The summed E-state index contributed by atoms with van der Waals surface area (Å²) in [5.41, 5.74) is 3.33. The number of aryl methyl sites for hydroxylation is 1. The van der Waals surface area contributed by atoms with E-state index in [4.69, 9.17) is 23.2 Å². The Morgan fingerprint density at radius 3 is 2.75 bits per heavy atom. The second-order valence-corrected chi connectivity index (χ2v) is 6.36. The van der Waals surface area contributed by atoms with E-state index in [-0.39, 0.29) is 5.78 Å². The fourth-order valence-corrected chi connectivity index (χ4v) is 3.20. The summed E-state index contributed by atoms with van der Waals surface area (Å²) in [6.07, 6.45) is 0. The number of thiazole rings is 1. The second-order valence-electron chi connectivity index (χ2n) is 4.58. The molecule has 0 spiro atoms. The smallest absolute Gasteiger partial charge is 0.178 e. The van der Waals surface area contributed by atoms with Crippen LogP contribution in [0.1, 0.15) is 20.9 Å². The second kappa shape index (κ2) is 6.68. The molecule has 2 rings (SSSR count). The molecule has 0 saturated carbocycles. The zero-order valence-corrected chi connectivity index (χ0v) is 13.5. The molecule has 0 atom stereocenters. The lowest BCUT2D eigenvalue weighted by atomic mass is 10.1. The van der Waals surface area contributed by atoms with Crippen LogP contribution in [0, 0.1) is 6.92 Å². The van der Waals surface area contributed by atoms with E-state index >= 15 is 0 Å². The first-order valence-corrected chi connectivity index (χ1v) is 7.66. The van der Waals surface area contributed by atoms with E-state index in [9.17, 15) is 4.79 Å². The minimum absolute atomic E-state index is 0.0173. The summed E-state index contributed by atoms with van der Waals surface area (Å²) in [4.78, 5) is 19.5. The van der Waals surface area contributed by atoms with E-state index in [0.717, 1.165) is 5.69 Å². The summed E-state index contributed by atoms with van der Waals surface area (Å²) in [5.74, 6) is -0.0173. The van der Waals surface area contributed by atoms with Gasteiger partial charge < -0.3 is 0 Å². The number of Topliss-reactive ketones (excluding diaryl/α,β-unsaturated/α-hetero) is 1. The Hall–Kier alpha value is -0.940. The quantitative estimate of drug-likeness (QED) is 0.775. The van der Waals surface area contributed by atoms with Crippen LogP contribution in [-0.2, 0) is 6.54 Å². The molecule has 0 aliphatic heterocycles. The van der Waals surface area contributed by atoms with Crippen molar-refractivity contribution in [2.75, 3.05) is 13.6 Å². The normalized spacial score (nSPS) is 11.1. The zero-order valence-electron chi connectivity index (χ0n) is 11.2. The summed E-state index contributed by atoms with van der Waals surface area (Å²) >= 11 is 13.5. The minimum Gasteiger partial charge on any atom is -0.294 e. The van der Waals surface area contributed by atoms with Crippen molar-refractivity contribution >= 4 is 40.3 Å². The van der Waals surface area contributed by atoms with E-state index in [2.05, 4.69) is 4.98 Å². The van der Waals surface area contributed by atoms with Crippen molar-refractivity contribution in [2.45, 2.75) is 13.5 Å². The summed E-state index contributed by atoms with van der Waals surface area (Å²) < 4.78 is 0. The van der Waals surface area contributed by atoms with Crippen molar-refractivity contribution in [2.24, 2.45) is 0 Å². The molecule has 6 heteroatoms. The van der Waals surface area contributed by atoms with Gasteiger partial charge in [-0.3, -0.25) is 9.69 Å². The molecule has 1 heterocycles. The highest BCUT2D eigenvalue weighted by Crippen LogP contribution is 2.22. The summed E-state index contributed by atoms with van der Waals surface area (Å²) in [6, 6.07) is 4.93. The third kappa shape index (κ3) is 3.79. The average molecular weight is 329 g/mol. The number of ketones is 1. The molecule has 20 heavy (non-hydrogen) atoms. The van der Waals surface area contributed by atoms with Gasteiger partial charge in [-0.05, 0) is 32.2 Å². The van der Waals surface area contributed by atoms with E-state index in [0.29, 0.717) is 28.7 Å². The minimum atomic E-state index is -0.0173. The Balaban J connectivity index is 2.02. The van der Waals surface area contributed by atoms with Gasteiger partial charge in [-0.15, -0.1) is 11.3 Å². The van der Waals surface area contributed by atoms with Gasteiger partial charge in [-0.1, -0.05) is 23.2 Å². The SMILES string of the molecule is Cc1ncsc1CN(C)CC(=O)c1ccc(Cl)cc1Cl. The van der Waals surface area contributed by atoms with Crippen molar-refractivity contribution in [3.8, 4) is 0 Å². The van der Waals surface area contributed by atoms with E-state index in [1.165, 1.54) is 4.88 Å². The van der Waals surface area contributed by atoms with Gasteiger partial charge in [0.1, 0.15) is 0 Å². The van der Waals surface area contributed by atoms with Crippen molar-refractivity contribution in [3.63, 3.8) is 0 Å². The fourth-order valence-electron chi connectivity index (χ4n) is 1.82. The molecule has 0 aliphatic carbocycles. The third-order valence-corrected chi connectivity index (χ3v) is 4.37. The summed E-state index contributed by atoms with van der Waals surface area (Å²) in [6.45, 7) is 2.98. The molecule has 0 N–H and O–H groups in total. The van der Waals surface area contributed by atoms with Crippen LogP contribution in [0.25, 0.3) is 0 Å². The van der Waals surface area contributed by atoms with Crippen LogP contribution in [0.5, 0.6) is 0 Å². The van der Waals surface area contributed by atoms with Gasteiger partial charge in [0.15, 0.2) is 5.78 Å². The lowest BCUT2D eigenvalue weighted by Crippen LogP contribution is -2.25. The number of aromatic nitrogens is 1. The molecule has 1 aromatic heterocycles. The first-order chi connectivity index (χ1) is 9.47. The van der Waals surface area contributed by atoms with E-state index in [1.54, 1.807) is 29.5 Å². The molecule has 0 saturated heterocycles. The number of halogens is 2.